The lowest BCUT2D eigenvalue weighted by molar-refractivity contribution is -0.128. The van der Waals surface area contributed by atoms with E-state index in [0.717, 1.165) is 16.7 Å². The summed E-state index contributed by atoms with van der Waals surface area (Å²) in [6, 6.07) is 24.4. The predicted molar refractivity (Wildman–Crippen MR) is 149 cm³/mol. The SMILES string of the molecule is COc1ccc(C(OC[C@H]2O[C@@H](N3CCC(=O)NC3=O)[C@H](OC)[C@@H]2O)(c2ccccc2)c2ccc(OC)cc2)cc1. The van der Waals surface area contributed by atoms with Crippen molar-refractivity contribution in [1.82, 2.24) is 10.2 Å². The van der Waals surface area contributed by atoms with Crippen LogP contribution < -0.4 is 14.8 Å². The van der Waals surface area contributed by atoms with Crippen molar-refractivity contribution in [2.24, 2.45) is 0 Å². The Bertz CT molecular complexity index is 1280. The quantitative estimate of drug-likeness (QED) is 0.363. The largest absolute Gasteiger partial charge is 0.497 e. The van der Waals surface area contributed by atoms with E-state index in [4.69, 9.17) is 23.7 Å². The molecule has 2 aliphatic heterocycles. The van der Waals surface area contributed by atoms with E-state index in [1.54, 1.807) is 14.2 Å². The third-order valence-corrected chi connectivity index (χ3v) is 7.62. The van der Waals surface area contributed by atoms with Gasteiger partial charge in [-0.3, -0.25) is 15.0 Å². The fraction of sp³-hybridized carbons (Fsp3) is 0.355. The number of benzene rings is 3. The summed E-state index contributed by atoms with van der Waals surface area (Å²) in [6.07, 6.45) is -3.54. The average Bonchev–Trinajstić information content (AvgIpc) is 3.33. The zero-order valence-electron chi connectivity index (χ0n) is 23.2. The molecule has 5 rings (SSSR count). The molecule has 2 fully saturated rings. The van der Waals surface area contributed by atoms with Crippen molar-refractivity contribution in [3.05, 3.63) is 95.6 Å². The number of ether oxygens (including phenoxy) is 5. The number of rotatable bonds is 10. The van der Waals surface area contributed by atoms with Crippen molar-refractivity contribution in [3.63, 3.8) is 0 Å². The van der Waals surface area contributed by atoms with Crippen LogP contribution in [0.4, 0.5) is 4.79 Å². The molecule has 0 bridgehead atoms. The van der Waals surface area contributed by atoms with Crippen LogP contribution in [0.3, 0.4) is 0 Å². The third-order valence-electron chi connectivity index (χ3n) is 7.62. The average molecular weight is 563 g/mol. The zero-order chi connectivity index (χ0) is 29.0. The Labute approximate surface area is 238 Å². The maximum atomic E-state index is 12.6. The summed E-state index contributed by atoms with van der Waals surface area (Å²) in [5, 5.41) is 13.5. The number of aliphatic hydroxyl groups excluding tert-OH is 1. The number of aliphatic hydroxyl groups is 1. The molecule has 0 saturated carbocycles. The van der Waals surface area contributed by atoms with Gasteiger partial charge in [0.1, 0.15) is 35.4 Å². The van der Waals surface area contributed by atoms with Crippen molar-refractivity contribution >= 4 is 11.9 Å². The number of nitrogens with zero attached hydrogens (tertiary/aromatic N) is 1. The van der Waals surface area contributed by atoms with E-state index in [1.165, 1.54) is 12.0 Å². The maximum absolute atomic E-state index is 12.6. The predicted octanol–water partition coefficient (Wildman–Crippen LogP) is 3.06. The van der Waals surface area contributed by atoms with E-state index in [9.17, 15) is 14.7 Å². The minimum absolute atomic E-state index is 0.0428. The Morgan fingerprint density at radius 3 is 1.95 bits per heavy atom. The Balaban J connectivity index is 1.52. The van der Waals surface area contributed by atoms with E-state index in [2.05, 4.69) is 5.32 Å². The Morgan fingerprint density at radius 1 is 0.878 bits per heavy atom. The Kier molecular flexibility index (Phi) is 8.55. The number of imide groups is 1. The van der Waals surface area contributed by atoms with E-state index in [1.807, 2.05) is 78.9 Å². The van der Waals surface area contributed by atoms with Gasteiger partial charge in [0, 0.05) is 20.1 Å². The van der Waals surface area contributed by atoms with Crippen molar-refractivity contribution in [3.8, 4) is 11.5 Å². The summed E-state index contributed by atoms with van der Waals surface area (Å²) in [5.74, 6) is 1.04. The number of carbonyl (C=O) groups is 2. The highest BCUT2D eigenvalue weighted by Crippen LogP contribution is 2.42. The molecule has 2 heterocycles. The van der Waals surface area contributed by atoms with Crippen LogP contribution >= 0.6 is 0 Å². The van der Waals surface area contributed by atoms with E-state index in [0.29, 0.717) is 11.5 Å². The zero-order valence-corrected chi connectivity index (χ0v) is 23.2. The van der Waals surface area contributed by atoms with Crippen molar-refractivity contribution in [2.75, 3.05) is 34.5 Å². The molecule has 0 aromatic heterocycles. The normalized spacial score (nSPS) is 22.9. The number of methoxy groups -OCH3 is 3. The summed E-state index contributed by atoms with van der Waals surface area (Å²) in [7, 11) is 4.67. The molecule has 0 unspecified atom stereocenters. The van der Waals surface area contributed by atoms with Gasteiger partial charge in [-0.15, -0.1) is 0 Å². The van der Waals surface area contributed by atoms with Gasteiger partial charge in [-0.1, -0.05) is 54.6 Å². The van der Waals surface area contributed by atoms with Gasteiger partial charge in [0.15, 0.2) is 6.23 Å². The first-order chi connectivity index (χ1) is 19.9. The molecule has 0 aliphatic carbocycles. The standard InChI is InChI=1S/C31H34N2O8/c1-37-23-13-9-21(10-14-23)31(20-7-5-4-6-8-20,22-11-15-24(38-2)16-12-22)40-19-25-27(35)28(39-3)29(41-25)33-18-17-26(34)32-30(33)36/h4-16,25,27-29,35H,17-19H2,1-3H3,(H,32,34,36)/t25-,27-,28-,29-/m1/s1. The molecule has 10 nitrogen and oxygen atoms in total. The molecule has 2 aliphatic rings. The second-order valence-corrected chi connectivity index (χ2v) is 9.87. The molecule has 2 saturated heterocycles. The maximum Gasteiger partial charge on any atom is 0.326 e. The highest BCUT2D eigenvalue weighted by molar-refractivity contribution is 5.96. The summed E-state index contributed by atoms with van der Waals surface area (Å²) < 4.78 is 29.5. The minimum atomic E-state index is -1.11. The lowest BCUT2D eigenvalue weighted by Crippen LogP contribution is -2.56. The number of hydrogen-bond acceptors (Lipinski definition) is 8. The van der Waals surface area contributed by atoms with Gasteiger partial charge >= 0.3 is 6.03 Å². The van der Waals surface area contributed by atoms with Crippen LogP contribution in [0.1, 0.15) is 23.1 Å². The molecule has 10 heteroatoms. The molecule has 41 heavy (non-hydrogen) atoms. The van der Waals surface area contributed by atoms with Crippen LogP contribution in [0.25, 0.3) is 0 Å². The third kappa shape index (κ3) is 5.51. The Hall–Kier alpha value is -3.96. The smallest absolute Gasteiger partial charge is 0.326 e. The van der Waals surface area contributed by atoms with Gasteiger partial charge in [-0.25, -0.2) is 4.79 Å². The number of nitrogens with one attached hydrogen (secondary N) is 1. The Morgan fingerprint density at radius 2 is 1.44 bits per heavy atom. The van der Waals surface area contributed by atoms with Gasteiger partial charge in [-0.05, 0) is 41.0 Å². The number of hydrogen-bond donors (Lipinski definition) is 2. The molecule has 216 valence electrons. The summed E-state index contributed by atoms with van der Waals surface area (Å²) >= 11 is 0. The second kappa shape index (κ2) is 12.3. The van der Waals surface area contributed by atoms with Gasteiger partial charge in [0.25, 0.3) is 0 Å². The molecule has 3 aromatic carbocycles. The van der Waals surface area contributed by atoms with Gasteiger partial charge in [0.05, 0.1) is 20.8 Å². The molecule has 3 amide bonds. The topological polar surface area (TPSA) is 116 Å². The van der Waals surface area contributed by atoms with Crippen LogP contribution in [0.5, 0.6) is 11.5 Å². The molecule has 3 aromatic rings. The molecule has 4 atom stereocenters. The van der Waals surface area contributed by atoms with Crippen LogP contribution in [-0.4, -0.2) is 81.0 Å². The second-order valence-electron chi connectivity index (χ2n) is 9.87. The molecule has 0 radical (unpaired) electrons. The summed E-state index contributed by atoms with van der Waals surface area (Å²) in [4.78, 5) is 25.6. The number of carbonyl (C=O) groups excluding carboxylic acids is 2. The number of amides is 3. The van der Waals surface area contributed by atoms with Crippen LogP contribution in [0, 0.1) is 0 Å². The van der Waals surface area contributed by atoms with Crippen LogP contribution in [0.2, 0.25) is 0 Å². The van der Waals surface area contributed by atoms with Gasteiger partial charge < -0.3 is 28.8 Å². The first-order valence-corrected chi connectivity index (χ1v) is 13.4. The lowest BCUT2D eigenvalue weighted by atomic mass is 9.80. The molecule has 0 spiro atoms. The van der Waals surface area contributed by atoms with E-state index in [-0.39, 0.29) is 25.5 Å². The van der Waals surface area contributed by atoms with Gasteiger partial charge in [-0.2, -0.15) is 0 Å². The van der Waals surface area contributed by atoms with Gasteiger partial charge in [0.2, 0.25) is 5.91 Å². The highest BCUT2D eigenvalue weighted by atomic mass is 16.6. The first-order valence-electron chi connectivity index (χ1n) is 13.4. The summed E-state index contributed by atoms with van der Waals surface area (Å²) in [6.45, 7) is 0.111. The monoisotopic (exact) mass is 562 g/mol. The molecule has 2 N–H and O–H groups in total. The highest BCUT2D eigenvalue weighted by Gasteiger charge is 2.50. The fourth-order valence-electron chi connectivity index (χ4n) is 5.46. The summed E-state index contributed by atoms with van der Waals surface area (Å²) in [5.41, 5.74) is 1.40. The van der Waals surface area contributed by atoms with Crippen LogP contribution in [-0.2, 0) is 24.6 Å². The fourth-order valence-corrected chi connectivity index (χ4v) is 5.46. The van der Waals surface area contributed by atoms with Crippen LogP contribution in [0.15, 0.2) is 78.9 Å². The van der Waals surface area contributed by atoms with E-state index >= 15 is 0 Å². The minimum Gasteiger partial charge on any atom is -0.497 e. The van der Waals surface area contributed by atoms with Crippen molar-refractivity contribution < 1.29 is 38.4 Å². The lowest BCUT2D eigenvalue weighted by Gasteiger charge is -2.37. The van der Waals surface area contributed by atoms with Crippen molar-refractivity contribution in [2.45, 2.75) is 36.6 Å². The first kappa shape index (κ1) is 28.6. The number of urea groups is 1. The molecular weight excluding hydrogens is 528 g/mol. The van der Waals surface area contributed by atoms with Crippen molar-refractivity contribution in [1.29, 1.82) is 0 Å². The van der Waals surface area contributed by atoms with E-state index < -0.39 is 36.2 Å². The molecular formula is C31H34N2O8.